The summed E-state index contributed by atoms with van der Waals surface area (Å²) in [5.41, 5.74) is 0.377. The third-order valence-corrected chi connectivity index (χ3v) is 4.83. The average molecular weight is 368 g/mol. The number of rotatable bonds is 9. The molecule has 1 aromatic rings. The fraction of sp³-hybridized carbons (Fsp3) is 0.500. The van der Waals surface area contributed by atoms with Crippen LogP contribution >= 0.6 is 0 Å². The summed E-state index contributed by atoms with van der Waals surface area (Å²) in [6.45, 7) is 3.37. The largest absolute Gasteiger partial charge is 0.494 e. The fourth-order valence-corrected chi connectivity index (χ4v) is 3.22. The predicted octanol–water partition coefficient (Wildman–Crippen LogP) is 2.52. The maximum atomic E-state index is 12.4. The molecule has 0 bridgehead atoms. The van der Waals surface area contributed by atoms with E-state index < -0.39 is 5.66 Å². The van der Waals surface area contributed by atoms with E-state index in [1.165, 1.54) is 0 Å². The third-order valence-electron chi connectivity index (χ3n) is 4.83. The van der Waals surface area contributed by atoms with Gasteiger partial charge in [0, 0.05) is 44.5 Å². The lowest BCUT2D eigenvalue weighted by Crippen LogP contribution is -2.35. The van der Waals surface area contributed by atoms with E-state index in [1.807, 2.05) is 31.2 Å². The third kappa shape index (κ3) is 4.64. The number of nitrogens with one attached hydrogen (secondary N) is 1. The number of hydrogen-bond acceptors (Lipinski definition) is 5. The highest BCUT2D eigenvalue weighted by Crippen LogP contribution is 2.36. The van der Waals surface area contributed by atoms with Gasteiger partial charge in [0.2, 0.25) is 11.8 Å². The second-order valence-corrected chi connectivity index (χ2v) is 6.76. The van der Waals surface area contributed by atoms with Crippen LogP contribution in [0.3, 0.4) is 0 Å². The summed E-state index contributed by atoms with van der Waals surface area (Å²) in [4.78, 5) is 26.4. The van der Waals surface area contributed by atoms with Gasteiger partial charge in [-0.3, -0.25) is 9.59 Å². The van der Waals surface area contributed by atoms with Crippen molar-refractivity contribution in [1.29, 1.82) is 0 Å². The fourth-order valence-electron chi connectivity index (χ4n) is 3.22. The predicted molar refractivity (Wildman–Crippen MR) is 101 cm³/mol. The molecule has 7 heteroatoms. The highest BCUT2D eigenvalue weighted by molar-refractivity contribution is 6.00. The lowest BCUT2D eigenvalue weighted by molar-refractivity contribution is -0.126. The molecule has 1 saturated heterocycles. The van der Waals surface area contributed by atoms with Crippen LogP contribution in [-0.4, -0.2) is 37.2 Å². The lowest BCUT2D eigenvalue weighted by Gasteiger charge is -2.17. The van der Waals surface area contributed by atoms with Gasteiger partial charge < -0.3 is 15.0 Å². The van der Waals surface area contributed by atoms with Crippen molar-refractivity contribution in [3.63, 3.8) is 0 Å². The number of hydrogen-bond donors (Lipinski definition) is 1. The van der Waals surface area contributed by atoms with Gasteiger partial charge in [-0.05, 0) is 31.2 Å². The summed E-state index contributed by atoms with van der Waals surface area (Å²) in [6.07, 6.45) is 7.47. The topological polar surface area (TPSA) is 83.4 Å². The van der Waals surface area contributed by atoms with Crippen molar-refractivity contribution in [3.8, 4) is 18.1 Å². The highest BCUT2D eigenvalue weighted by atomic mass is 16.5. The minimum atomic E-state index is -0.403. The molecule has 1 aromatic carbocycles. The first kappa shape index (κ1) is 18.9. The zero-order valence-corrected chi connectivity index (χ0v) is 15.5. The Hall–Kier alpha value is -2.88. The Bertz CT molecular complexity index is 760. The Morgan fingerprint density at radius 2 is 2.11 bits per heavy atom. The number of carbonyl (C=O) groups is 2. The van der Waals surface area contributed by atoms with Crippen LogP contribution in [0.25, 0.3) is 0 Å². The average Bonchev–Trinajstić information content (AvgIpc) is 3.33. The summed E-state index contributed by atoms with van der Waals surface area (Å²) < 4.78 is 5.42. The second-order valence-electron chi connectivity index (χ2n) is 6.76. The molecule has 27 heavy (non-hydrogen) atoms. The van der Waals surface area contributed by atoms with Crippen molar-refractivity contribution in [3.05, 3.63) is 24.3 Å². The van der Waals surface area contributed by atoms with Gasteiger partial charge >= 0.3 is 0 Å². The molecule has 3 rings (SSSR count). The number of nitrogens with zero attached hydrogens (tertiary/aromatic N) is 3. The van der Waals surface area contributed by atoms with Crippen molar-refractivity contribution < 1.29 is 14.3 Å². The normalized spacial score (nSPS) is 19.6. The second kappa shape index (κ2) is 8.21. The number of ether oxygens (including phenoxy) is 1. The van der Waals surface area contributed by atoms with E-state index in [-0.39, 0.29) is 24.2 Å². The Morgan fingerprint density at radius 3 is 2.74 bits per heavy atom. The van der Waals surface area contributed by atoms with E-state index >= 15 is 0 Å². The van der Waals surface area contributed by atoms with E-state index in [0.717, 1.165) is 11.4 Å². The molecule has 1 unspecified atom stereocenters. The molecule has 2 heterocycles. The molecule has 2 aliphatic rings. The number of anilines is 1. The van der Waals surface area contributed by atoms with E-state index in [1.54, 1.807) is 4.90 Å². The number of benzene rings is 1. The highest BCUT2D eigenvalue weighted by Gasteiger charge is 2.39. The van der Waals surface area contributed by atoms with Gasteiger partial charge in [-0.25, -0.2) is 0 Å². The number of terminal acetylenes is 1. The van der Waals surface area contributed by atoms with Crippen LogP contribution in [0.1, 0.15) is 32.6 Å². The summed E-state index contributed by atoms with van der Waals surface area (Å²) in [5, 5.41) is 11.0. The molecule has 0 saturated carbocycles. The Morgan fingerprint density at radius 1 is 1.37 bits per heavy atom. The van der Waals surface area contributed by atoms with E-state index in [9.17, 15) is 9.59 Å². The molecule has 0 aliphatic carbocycles. The van der Waals surface area contributed by atoms with Crippen molar-refractivity contribution >= 4 is 17.5 Å². The molecular formula is C20H24N4O3. The molecule has 142 valence electrons. The molecule has 1 N–H and O–H groups in total. The Kier molecular flexibility index (Phi) is 5.75. The van der Waals surface area contributed by atoms with Gasteiger partial charge in [0.05, 0.1) is 12.5 Å². The van der Waals surface area contributed by atoms with Crippen LogP contribution in [0.2, 0.25) is 0 Å². The van der Waals surface area contributed by atoms with Crippen molar-refractivity contribution in [2.45, 2.75) is 38.3 Å². The van der Waals surface area contributed by atoms with E-state index in [2.05, 4.69) is 21.5 Å². The van der Waals surface area contributed by atoms with Gasteiger partial charge in [-0.2, -0.15) is 10.2 Å². The SMILES string of the molecule is C#CCCC1(CCNC(=O)C2CC(=O)N(c3ccc(OCC)cc3)C2)N=N1. The molecule has 0 aromatic heterocycles. The van der Waals surface area contributed by atoms with Gasteiger partial charge in [0.15, 0.2) is 5.66 Å². The molecule has 7 nitrogen and oxygen atoms in total. The van der Waals surface area contributed by atoms with Crippen LogP contribution in [0, 0.1) is 18.3 Å². The summed E-state index contributed by atoms with van der Waals surface area (Å²) in [5.74, 6) is 2.85. The molecule has 0 radical (unpaired) electrons. The maximum absolute atomic E-state index is 12.4. The van der Waals surface area contributed by atoms with E-state index in [4.69, 9.17) is 11.2 Å². The molecule has 2 aliphatic heterocycles. The smallest absolute Gasteiger partial charge is 0.227 e. The van der Waals surface area contributed by atoms with Gasteiger partial charge in [-0.15, -0.1) is 12.3 Å². The van der Waals surface area contributed by atoms with Crippen LogP contribution in [0.4, 0.5) is 5.69 Å². The molecule has 2 amide bonds. The van der Waals surface area contributed by atoms with Gasteiger partial charge in [-0.1, -0.05) is 0 Å². The molecule has 1 fully saturated rings. The molecular weight excluding hydrogens is 344 g/mol. The summed E-state index contributed by atoms with van der Waals surface area (Å²) in [7, 11) is 0. The van der Waals surface area contributed by atoms with Crippen LogP contribution < -0.4 is 15.0 Å². The van der Waals surface area contributed by atoms with Crippen molar-refractivity contribution in [1.82, 2.24) is 5.32 Å². The summed E-state index contributed by atoms with van der Waals surface area (Å²) >= 11 is 0. The van der Waals surface area contributed by atoms with Crippen molar-refractivity contribution in [2.75, 3.05) is 24.6 Å². The lowest BCUT2D eigenvalue weighted by atomic mass is 10.0. The number of carbonyl (C=O) groups excluding carboxylic acids is 2. The Labute approximate surface area is 159 Å². The molecule has 0 spiro atoms. The minimum Gasteiger partial charge on any atom is -0.494 e. The molecule has 1 atom stereocenters. The first-order valence-corrected chi connectivity index (χ1v) is 9.25. The summed E-state index contributed by atoms with van der Waals surface area (Å²) in [6, 6.07) is 7.35. The van der Waals surface area contributed by atoms with E-state index in [0.29, 0.717) is 39.0 Å². The maximum Gasteiger partial charge on any atom is 0.227 e. The van der Waals surface area contributed by atoms with Crippen LogP contribution in [0.5, 0.6) is 5.75 Å². The minimum absolute atomic E-state index is 0.0445. The van der Waals surface area contributed by atoms with Gasteiger partial charge in [0.25, 0.3) is 0 Å². The van der Waals surface area contributed by atoms with Crippen molar-refractivity contribution in [2.24, 2.45) is 16.1 Å². The number of amides is 2. The zero-order chi connectivity index (χ0) is 19.3. The van der Waals surface area contributed by atoms with Crippen LogP contribution in [0.15, 0.2) is 34.5 Å². The van der Waals surface area contributed by atoms with Crippen LogP contribution in [-0.2, 0) is 9.59 Å². The zero-order valence-electron chi connectivity index (χ0n) is 15.5. The first-order valence-electron chi connectivity index (χ1n) is 9.25. The first-order chi connectivity index (χ1) is 13.1. The Balaban J connectivity index is 1.48. The quantitative estimate of drug-likeness (QED) is 0.680. The van der Waals surface area contributed by atoms with Gasteiger partial charge in [0.1, 0.15) is 5.75 Å². The monoisotopic (exact) mass is 368 g/mol. The standard InChI is InChI=1S/C20H24N4O3/c1-3-5-10-20(22-23-20)11-12-21-19(26)15-13-18(25)24(14-15)16-6-8-17(9-7-16)27-4-2/h1,6-9,15H,4-5,10-14H2,2H3,(H,21,26).